The Kier molecular flexibility index (Phi) is 6.75. The van der Waals surface area contributed by atoms with Gasteiger partial charge in [-0.15, -0.1) is 0 Å². The number of aliphatic hydroxyl groups is 6. The maximum absolute atomic E-state index is 10.5. The van der Waals surface area contributed by atoms with Crippen LogP contribution in [0.5, 0.6) is 17.2 Å². The molecule has 12 nitrogen and oxygen atoms in total. The van der Waals surface area contributed by atoms with Gasteiger partial charge in [0.25, 0.3) is 0 Å². The fraction of sp³-hybridized carbons (Fsp3) is 0.714. The van der Waals surface area contributed by atoms with Crippen molar-refractivity contribution in [1.82, 2.24) is 0 Å². The maximum atomic E-state index is 10.5. The number of rotatable bonds is 5. The molecule has 0 aromatic heterocycles. The van der Waals surface area contributed by atoms with Gasteiger partial charge in [0.15, 0.2) is 17.2 Å². The topological polar surface area (TPSA) is 210 Å². The van der Waals surface area contributed by atoms with Gasteiger partial charge in [-0.05, 0) is 37.0 Å². The molecule has 2 aliphatic heterocycles. The van der Waals surface area contributed by atoms with Crippen LogP contribution in [0.1, 0.15) is 30.9 Å². The van der Waals surface area contributed by atoms with E-state index >= 15 is 0 Å². The molecule has 12 heteroatoms. The Bertz CT molecular complexity index is 828. The number of benzene rings is 1. The van der Waals surface area contributed by atoms with Gasteiger partial charge in [-0.1, -0.05) is 0 Å². The van der Waals surface area contributed by atoms with Crippen molar-refractivity contribution in [2.45, 2.75) is 73.9 Å². The Morgan fingerprint density at radius 1 is 0.970 bits per heavy atom. The monoisotopic (exact) mass is 474 g/mol. The highest BCUT2D eigenvalue weighted by atomic mass is 16.7. The predicted molar refractivity (Wildman–Crippen MR) is 107 cm³/mol. The highest BCUT2D eigenvalue weighted by molar-refractivity contribution is 5.51. The molecule has 2 saturated heterocycles. The van der Waals surface area contributed by atoms with E-state index in [1.165, 1.54) is 0 Å². The largest absolute Gasteiger partial charge is 0.504 e. The first-order valence-corrected chi connectivity index (χ1v) is 10.8. The third-order valence-electron chi connectivity index (χ3n) is 6.83. The van der Waals surface area contributed by atoms with Gasteiger partial charge >= 0.3 is 0 Å². The molecular weight excluding hydrogens is 444 g/mol. The summed E-state index contributed by atoms with van der Waals surface area (Å²) < 4.78 is 17.6. The summed E-state index contributed by atoms with van der Waals surface area (Å²) in [5.74, 6) is -4.58. The van der Waals surface area contributed by atoms with E-state index in [0.29, 0.717) is 0 Å². The van der Waals surface area contributed by atoms with E-state index < -0.39 is 91.0 Å². The molecule has 33 heavy (non-hydrogen) atoms. The first-order chi connectivity index (χ1) is 15.6. The van der Waals surface area contributed by atoms with Gasteiger partial charge in [0, 0.05) is 5.92 Å². The quantitative estimate of drug-likeness (QED) is 0.211. The molecule has 10 unspecified atom stereocenters. The Morgan fingerprint density at radius 3 is 2.21 bits per heavy atom. The second-order valence-corrected chi connectivity index (χ2v) is 9.00. The summed E-state index contributed by atoms with van der Waals surface area (Å²) >= 11 is 0. The van der Waals surface area contributed by atoms with E-state index in [9.17, 15) is 46.0 Å². The Morgan fingerprint density at radius 2 is 1.64 bits per heavy atom. The van der Waals surface area contributed by atoms with Crippen LogP contribution in [0.25, 0.3) is 0 Å². The second-order valence-electron chi connectivity index (χ2n) is 9.00. The van der Waals surface area contributed by atoms with Gasteiger partial charge in [0.1, 0.15) is 31.0 Å². The zero-order valence-electron chi connectivity index (χ0n) is 17.6. The fourth-order valence-electron chi connectivity index (χ4n) is 5.09. The summed E-state index contributed by atoms with van der Waals surface area (Å²) in [5.41, 5.74) is 0.181. The van der Waals surface area contributed by atoms with Crippen LogP contribution in [0.3, 0.4) is 0 Å². The number of phenolic OH excluding ortho intramolecular Hbond substituents is 3. The zero-order chi connectivity index (χ0) is 24.1. The van der Waals surface area contributed by atoms with Gasteiger partial charge in [0.2, 0.25) is 5.79 Å². The number of ether oxygens (including phenoxy) is 3. The normalized spacial score (nSPS) is 43.4. The summed E-state index contributed by atoms with van der Waals surface area (Å²) in [6.45, 7) is -1.53. The number of phenols is 3. The van der Waals surface area contributed by atoms with Crippen molar-refractivity contribution in [3.63, 3.8) is 0 Å². The van der Waals surface area contributed by atoms with Crippen molar-refractivity contribution in [1.29, 1.82) is 0 Å². The molecule has 4 rings (SSSR count). The van der Waals surface area contributed by atoms with Crippen molar-refractivity contribution in [2.75, 3.05) is 13.2 Å². The van der Waals surface area contributed by atoms with Gasteiger partial charge in [-0.2, -0.15) is 0 Å². The highest BCUT2D eigenvalue weighted by Crippen LogP contribution is 2.48. The van der Waals surface area contributed by atoms with E-state index in [2.05, 4.69) is 0 Å². The first kappa shape index (κ1) is 24.4. The van der Waals surface area contributed by atoms with Gasteiger partial charge in [0.05, 0.1) is 31.0 Å². The average Bonchev–Trinajstić information content (AvgIpc) is 3.02. The number of hydrogen-bond acceptors (Lipinski definition) is 12. The lowest BCUT2D eigenvalue weighted by Crippen LogP contribution is -2.56. The van der Waals surface area contributed by atoms with E-state index in [-0.39, 0.29) is 24.8 Å². The molecule has 10 atom stereocenters. The molecule has 0 radical (unpaired) electrons. The molecule has 1 aliphatic carbocycles. The molecular formula is C21H30O12. The molecule has 2 heterocycles. The van der Waals surface area contributed by atoms with E-state index in [1.807, 2.05) is 0 Å². The lowest BCUT2D eigenvalue weighted by molar-refractivity contribution is -0.325. The smallest absolute Gasteiger partial charge is 0.221 e. The van der Waals surface area contributed by atoms with Crippen molar-refractivity contribution >= 4 is 0 Å². The molecule has 0 amide bonds. The van der Waals surface area contributed by atoms with Crippen LogP contribution in [0.4, 0.5) is 0 Å². The van der Waals surface area contributed by atoms with Crippen molar-refractivity contribution in [3.8, 4) is 17.2 Å². The van der Waals surface area contributed by atoms with Gasteiger partial charge in [-0.3, -0.25) is 0 Å². The average molecular weight is 474 g/mol. The van der Waals surface area contributed by atoms with Crippen molar-refractivity contribution < 1.29 is 60.2 Å². The lowest BCUT2D eigenvalue weighted by Gasteiger charge is -2.48. The predicted octanol–water partition coefficient (Wildman–Crippen LogP) is -2.05. The number of fused-ring (bicyclic) bond motifs is 1. The van der Waals surface area contributed by atoms with Gasteiger partial charge < -0.3 is 60.2 Å². The number of hydrogen-bond donors (Lipinski definition) is 9. The Labute approximate surface area is 188 Å². The van der Waals surface area contributed by atoms with Crippen LogP contribution in [0.15, 0.2) is 12.1 Å². The Balaban J connectivity index is 1.69. The molecule has 0 spiro atoms. The van der Waals surface area contributed by atoms with Crippen LogP contribution >= 0.6 is 0 Å². The summed E-state index contributed by atoms with van der Waals surface area (Å²) in [4.78, 5) is 0. The highest BCUT2D eigenvalue weighted by Gasteiger charge is 2.58. The second kappa shape index (κ2) is 9.13. The standard InChI is InChI=1S/C21H30O12/c22-6-16-18(29)20(30)21(7-23,33-16)32-15-5-10-11(25)3-9(24)4-14(10)31-19(15)8-1-12(26)17(28)13(27)2-8/h1-2,9-11,14-16,18-20,22-30H,3-7H2. The molecule has 186 valence electrons. The van der Waals surface area contributed by atoms with Crippen LogP contribution in [-0.2, 0) is 14.2 Å². The summed E-state index contributed by atoms with van der Waals surface area (Å²) in [5, 5.41) is 90.4. The van der Waals surface area contributed by atoms with Crippen LogP contribution in [0.2, 0.25) is 0 Å². The third-order valence-corrected chi connectivity index (χ3v) is 6.83. The molecule has 9 N–H and O–H groups in total. The number of aliphatic hydroxyl groups excluding tert-OH is 6. The summed E-state index contributed by atoms with van der Waals surface area (Å²) in [7, 11) is 0. The van der Waals surface area contributed by atoms with Crippen molar-refractivity contribution in [2.24, 2.45) is 5.92 Å². The molecule has 1 saturated carbocycles. The van der Waals surface area contributed by atoms with Crippen molar-refractivity contribution in [3.05, 3.63) is 17.7 Å². The molecule has 3 aliphatic rings. The van der Waals surface area contributed by atoms with Gasteiger partial charge in [-0.25, -0.2) is 0 Å². The summed E-state index contributed by atoms with van der Waals surface area (Å²) in [6.07, 6.45) is -8.46. The summed E-state index contributed by atoms with van der Waals surface area (Å²) in [6, 6.07) is 2.30. The number of aromatic hydroxyl groups is 3. The van der Waals surface area contributed by atoms with Crippen LogP contribution < -0.4 is 0 Å². The lowest BCUT2D eigenvalue weighted by atomic mass is 9.75. The minimum Gasteiger partial charge on any atom is -0.504 e. The fourth-order valence-corrected chi connectivity index (χ4v) is 5.09. The van der Waals surface area contributed by atoms with E-state index in [1.54, 1.807) is 0 Å². The minimum absolute atomic E-state index is 0.114. The molecule has 1 aromatic carbocycles. The van der Waals surface area contributed by atoms with Crippen LogP contribution in [-0.4, -0.2) is 108 Å². The Hall–Kier alpha value is -1.74. The first-order valence-electron chi connectivity index (χ1n) is 10.8. The van der Waals surface area contributed by atoms with E-state index in [4.69, 9.17) is 14.2 Å². The molecule has 0 bridgehead atoms. The third kappa shape index (κ3) is 4.27. The van der Waals surface area contributed by atoms with E-state index in [0.717, 1.165) is 12.1 Å². The van der Waals surface area contributed by atoms with Crippen LogP contribution in [0, 0.1) is 5.92 Å². The zero-order valence-corrected chi connectivity index (χ0v) is 17.6. The molecule has 1 aromatic rings. The SMILES string of the molecule is OCC1OC(CO)(OC2CC3C(O)CC(O)CC3OC2c2cc(O)c(O)c(O)c2)C(O)C1O. The maximum Gasteiger partial charge on any atom is 0.221 e. The minimum atomic E-state index is -2.12. The molecule has 3 fully saturated rings.